The summed E-state index contributed by atoms with van der Waals surface area (Å²) in [4.78, 5) is 0. The van der Waals surface area contributed by atoms with Crippen molar-refractivity contribution in [1.29, 1.82) is 0 Å². The lowest BCUT2D eigenvalue weighted by molar-refractivity contribution is 0.614. The van der Waals surface area contributed by atoms with E-state index in [0.717, 1.165) is 11.5 Å². The Hall–Kier alpha value is -1.26. The van der Waals surface area contributed by atoms with Gasteiger partial charge in [-0.05, 0) is 37.9 Å². The first-order chi connectivity index (χ1) is 6.90. The Labute approximate surface area is 85.5 Å². The van der Waals surface area contributed by atoms with Crippen molar-refractivity contribution < 1.29 is 0 Å². The molecule has 1 saturated carbocycles. The molecule has 72 valence electrons. The summed E-state index contributed by atoms with van der Waals surface area (Å²) < 4.78 is 0. The minimum absolute atomic E-state index is 0.384. The topological polar surface area (TPSA) is 12.0 Å². The quantitative estimate of drug-likeness (QED) is 0.695. The van der Waals surface area contributed by atoms with Crippen LogP contribution in [0.3, 0.4) is 0 Å². The van der Waals surface area contributed by atoms with Gasteiger partial charge in [0, 0.05) is 5.56 Å². The minimum Gasteiger partial charge on any atom is -0.307 e. The molecule has 1 fully saturated rings. The molecule has 1 aliphatic carbocycles. The number of hydrogen-bond acceptors (Lipinski definition) is 1. The third-order valence-corrected chi connectivity index (χ3v) is 2.55. The molecule has 0 heterocycles. The van der Waals surface area contributed by atoms with E-state index >= 15 is 0 Å². The zero-order valence-corrected chi connectivity index (χ0v) is 8.46. The highest BCUT2D eigenvalue weighted by Crippen LogP contribution is 2.32. The van der Waals surface area contributed by atoms with Crippen LogP contribution in [0, 0.1) is 17.8 Å². The fourth-order valence-electron chi connectivity index (χ4n) is 1.54. The Kier molecular flexibility index (Phi) is 2.86. The SMILES string of the molecule is CNC(C#Cc1ccccc1)C1CC1. The molecular formula is C13H15N. The summed E-state index contributed by atoms with van der Waals surface area (Å²) in [6, 6.07) is 10.5. The van der Waals surface area contributed by atoms with Crippen LogP contribution >= 0.6 is 0 Å². The third kappa shape index (κ3) is 2.37. The fourth-order valence-corrected chi connectivity index (χ4v) is 1.54. The summed E-state index contributed by atoms with van der Waals surface area (Å²) in [6.07, 6.45) is 2.66. The standard InChI is InChI=1S/C13H15N/c1-14-13(12-8-9-12)10-7-11-5-3-2-4-6-11/h2-6,12-14H,8-9H2,1H3. The van der Waals surface area contributed by atoms with Gasteiger partial charge >= 0.3 is 0 Å². The highest BCUT2D eigenvalue weighted by Gasteiger charge is 2.28. The summed E-state index contributed by atoms with van der Waals surface area (Å²) in [7, 11) is 1.99. The second-order valence-corrected chi connectivity index (χ2v) is 3.74. The maximum absolute atomic E-state index is 3.29. The average molecular weight is 185 g/mol. The summed E-state index contributed by atoms with van der Waals surface area (Å²) in [6.45, 7) is 0. The molecule has 1 aliphatic rings. The van der Waals surface area contributed by atoms with E-state index in [4.69, 9.17) is 0 Å². The predicted molar refractivity (Wildman–Crippen MR) is 58.9 cm³/mol. The molecule has 0 aromatic heterocycles. The van der Waals surface area contributed by atoms with E-state index in [9.17, 15) is 0 Å². The van der Waals surface area contributed by atoms with E-state index in [1.165, 1.54) is 12.8 Å². The molecule has 1 N–H and O–H groups in total. The lowest BCUT2D eigenvalue weighted by Crippen LogP contribution is -2.25. The molecule has 0 bridgehead atoms. The molecule has 1 heteroatoms. The highest BCUT2D eigenvalue weighted by molar-refractivity contribution is 5.35. The van der Waals surface area contributed by atoms with Crippen molar-refractivity contribution in [2.75, 3.05) is 7.05 Å². The molecular weight excluding hydrogens is 170 g/mol. The van der Waals surface area contributed by atoms with Crippen molar-refractivity contribution in [2.45, 2.75) is 18.9 Å². The van der Waals surface area contributed by atoms with Crippen LogP contribution in [0.15, 0.2) is 30.3 Å². The molecule has 1 aromatic carbocycles. The van der Waals surface area contributed by atoms with E-state index in [0.29, 0.717) is 6.04 Å². The normalized spacial score (nSPS) is 16.9. The summed E-state index contributed by atoms with van der Waals surface area (Å²) in [5, 5.41) is 3.26. The van der Waals surface area contributed by atoms with Crippen molar-refractivity contribution in [1.82, 2.24) is 5.32 Å². The Bertz CT molecular complexity index is 340. The summed E-state index contributed by atoms with van der Waals surface area (Å²) in [5.41, 5.74) is 1.10. The van der Waals surface area contributed by atoms with Gasteiger partial charge in [0.05, 0.1) is 6.04 Å². The predicted octanol–water partition coefficient (Wildman–Crippen LogP) is 2.04. The number of benzene rings is 1. The third-order valence-electron chi connectivity index (χ3n) is 2.55. The first-order valence-electron chi connectivity index (χ1n) is 5.14. The molecule has 0 saturated heterocycles. The van der Waals surface area contributed by atoms with Gasteiger partial charge in [0.25, 0.3) is 0 Å². The van der Waals surface area contributed by atoms with E-state index in [1.54, 1.807) is 0 Å². The lowest BCUT2D eigenvalue weighted by atomic mass is 10.1. The maximum atomic E-state index is 3.29. The first-order valence-corrected chi connectivity index (χ1v) is 5.14. The Morgan fingerprint density at radius 1 is 1.29 bits per heavy atom. The van der Waals surface area contributed by atoms with Crippen molar-refractivity contribution in [3.8, 4) is 11.8 Å². The van der Waals surface area contributed by atoms with Gasteiger partial charge in [-0.25, -0.2) is 0 Å². The Balaban J connectivity index is 2.04. The van der Waals surface area contributed by atoms with Crippen LogP contribution in [-0.2, 0) is 0 Å². The lowest BCUT2D eigenvalue weighted by Gasteiger charge is -2.05. The largest absolute Gasteiger partial charge is 0.307 e. The Morgan fingerprint density at radius 3 is 2.57 bits per heavy atom. The number of nitrogens with one attached hydrogen (secondary N) is 1. The van der Waals surface area contributed by atoms with Crippen molar-refractivity contribution in [3.05, 3.63) is 35.9 Å². The van der Waals surface area contributed by atoms with Crippen LogP contribution in [0.5, 0.6) is 0 Å². The van der Waals surface area contributed by atoms with Gasteiger partial charge in [0.1, 0.15) is 0 Å². The van der Waals surface area contributed by atoms with Crippen LogP contribution in [0.4, 0.5) is 0 Å². The number of hydrogen-bond donors (Lipinski definition) is 1. The molecule has 1 atom stereocenters. The molecule has 0 amide bonds. The van der Waals surface area contributed by atoms with Crippen LogP contribution < -0.4 is 5.32 Å². The summed E-state index contributed by atoms with van der Waals surface area (Å²) >= 11 is 0. The molecule has 1 nitrogen and oxygen atoms in total. The summed E-state index contributed by atoms with van der Waals surface area (Å²) in [5.74, 6) is 7.28. The fraction of sp³-hybridized carbons (Fsp3) is 0.385. The second kappa shape index (κ2) is 4.30. The molecule has 2 rings (SSSR count). The highest BCUT2D eigenvalue weighted by atomic mass is 14.9. The molecule has 1 aromatic rings. The van der Waals surface area contributed by atoms with Crippen molar-refractivity contribution in [2.24, 2.45) is 5.92 Å². The van der Waals surface area contributed by atoms with E-state index < -0.39 is 0 Å². The van der Waals surface area contributed by atoms with Gasteiger partial charge in [-0.15, -0.1) is 0 Å². The number of rotatable bonds is 2. The van der Waals surface area contributed by atoms with E-state index in [2.05, 4.69) is 17.2 Å². The van der Waals surface area contributed by atoms with Crippen LogP contribution in [-0.4, -0.2) is 13.1 Å². The average Bonchev–Trinajstić information content (AvgIpc) is 3.05. The van der Waals surface area contributed by atoms with E-state index in [1.807, 2.05) is 37.4 Å². The second-order valence-electron chi connectivity index (χ2n) is 3.74. The smallest absolute Gasteiger partial charge is 0.0719 e. The van der Waals surface area contributed by atoms with Gasteiger partial charge in [-0.2, -0.15) is 0 Å². The van der Waals surface area contributed by atoms with E-state index in [-0.39, 0.29) is 0 Å². The Morgan fingerprint density at radius 2 is 2.00 bits per heavy atom. The monoisotopic (exact) mass is 185 g/mol. The molecule has 0 aliphatic heterocycles. The van der Waals surface area contributed by atoms with Gasteiger partial charge < -0.3 is 5.32 Å². The van der Waals surface area contributed by atoms with Gasteiger partial charge in [0.15, 0.2) is 0 Å². The minimum atomic E-state index is 0.384. The molecule has 0 radical (unpaired) electrons. The van der Waals surface area contributed by atoms with Gasteiger partial charge in [0.2, 0.25) is 0 Å². The maximum Gasteiger partial charge on any atom is 0.0719 e. The van der Waals surface area contributed by atoms with Gasteiger partial charge in [-0.1, -0.05) is 30.0 Å². The van der Waals surface area contributed by atoms with Crippen molar-refractivity contribution >= 4 is 0 Å². The van der Waals surface area contributed by atoms with Crippen LogP contribution in [0.2, 0.25) is 0 Å². The van der Waals surface area contributed by atoms with Crippen LogP contribution in [0.25, 0.3) is 0 Å². The van der Waals surface area contributed by atoms with Crippen molar-refractivity contribution in [3.63, 3.8) is 0 Å². The first kappa shape index (κ1) is 9.30. The zero-order chi connectivity index (χ0) is 9.80. The molecule has 1 unspecified atom stereocenters. The molecule has 0 spiro atoms. The zero-order valence-electron chi connectivity index (χ0n) is 8.46. The van der Waals surface area contributed by atoms with Crippen LogP contribution in [0.1, 0.15) is 18.4 Å². The van der Waals surface area contributed by atoms with Gasteiger partial charge in [-0.3, -0.25) is 0 Å². The molecule has 14 heavy (non-hydrogen) atoms.